The average Bonchev–Trinajstić information content (AvgIpc) is 3.10. The van der Waals surface area contributed by atoms with E-state index in [1.165, 1.54) is 24.3 Å². The minimum atomic E-state index is -3.92. The van der Waals surface area contributed by atoms with E-state index in [2.05, 4.69) is 25.8 Å². The largest absolute Gasteiger partial charge is 1.00 e. The van der Waals surface area contributed by atoms with Gasteiger partial charge in [-0.25, -0.2) is 13.6 Å². The predicted molar refractivity (Wildman–Crippen MR) is 192 cm³/mol. The second-order valence-corrected chi connectivity index (χ2v) is 12.5. The first kappa shape index (κ1) is 45.6. The molecule has 0 atom stereocenters. The summed E-state index contributed by atoms with van der Waals surface area (Å²) in [5, 5.41) is 64.7. The Morgan fingerprint density at radius 2 is 1.51 bits per heavy atom. The van der Waals surface area contributed by atoms with E-state index in [-0.39, 0.29) is 84.8 Å². The number of aromatic hydroxyl groups is 2. The molecule has 0 aliphatic carbocycles. The van der Waals surface area contributed by atoms with Crippen LogP contribution in [0, 0.1) is 26.3 Å². The van der Waals surface area contributed by atoms with Crippen LogP contribution < -0.4 is 40.0 Å². The molecule has 5 aromatic carbocycles. The minimum Gasteiger partial charge on any atom is -0.697 e. The second-order valence-electron chi connectivity index (χ2n) is 10.5. The molecule has 0 saturated carbocycles. The number of nitro benzene ring substituents is 2. The number of benzene rings is 5. The van der Waals surface area contributed by atoms with Crippen molar-refractivity contribution >= 4 is 83.9 Å². The first-order chi connectivity index (χ1) is 25.0. The standard InChI is InChI=1S/C16H13ClN5O7S.C16H11N4O3.Co.Na/c1-8(23)14(16(25)19-9-2-4-11(5-3-9)30(18,28)29)21-20-13-7-10(22(26)27)6-12(17)15(13)24;17-13-7-5-10-3-1-2-4-12(10)16(13)19-18-14-8-6-11(20(22)23)9-15(14)21;;/h2-7,24H,1H3,(H,19,25)(H2,18,28,29);1-9H,(H2-,17,18,19,21);;/q2*-1;;+1. The van der Waals surface area contributed by atoms with Crippen LogP contribution in [0.2, 0.25) is 5.02 Å². The second kappa shape index (κ2) is 19.7. The molecule has 281 valence electrons. The van der Waals surface area contributed by atoms with Crippen LogP contribution in [0.15, 0.2) is 116 Å². The van der Waals surface area contributed by atoms with Gasteiger partial charge in [0.25, 0.3) is 11.4 Å². The van der Waals surface area contributed by atoms with Crippen LogP contribution in [-0.2, 0) is 36.4 Å². The van der Waals surface area contributed by atoms with E-state index in [1.54, 1.807) is 6.07 Å². The monoisotopic (exact) mass is 843 g/mol. The molecule has 0 aliphatic rings. The number of sulfonamides is 1. The normalized spacial score (nSPS) is 10.8. The number of carbonyl (C=O) groups is 2. The van der Waals surface area contributed by atoms with Gasteiger partial charge in [-0.15, -0.1) is 16.8 Å². The SMILES string of the molecule is CC(=O)[C-](N=Nc1cc([N+](=O)[O-])cc(Cl)c1O)C(=O)Nc1ccc(S(N)(=O)=O)cc1.[Co].[NH-]c1ccc2ccccc2c1N=Nc1ccc([N+](=O)[O-])cc1O.[Na+]. The fraction of sp³-hybridized carbons (Fsp3) is 0.0312. The molecule has 0 fully saturated rings. The molecule has 0 unspecified atom stereocenters. The fourth-order valence-corrected chi connectivity index (χ4v) is 4.95. The average molecular weight is 844 g/mol. The molecule has 5 rings (SSSR count). The Kier molecular flexibility index (Phi) is 16.3. The maximum Gasteiger partial charge on any atom is 1.00 e. The molecule has 0 saturated heterocycles. The molecular formula is C32H24ClCoN9NaO10S-. The Balaban J connectivity index is 0.000000377. The maximum atomic E-state index is 12.3. The summed E-state index contributed by atoms with van der Waals surface area (Å²) in [7, 11) is -3.92. The number of non-ortho nitro benzene ring substituents is 2. The zero-order chi connectivity index (χ0) is 39.0. The Bertz CT molecular complexity index is 2440. The molecule has 0 heterocycles. The van der Waals surface area contributed by atoms with Gasteiger partial charge in [0.2, 0.25) is 10.0 Å². The molecule has 1 amide bonds. The number of Topliss-reactive ketones (excluding diaryl/α,β-unsaturated/α-hetero) is 1. The number of primary sulfonamides is 1. The molecule has 6 N–H and O–H groups in total. The van der Waals surface area contributed by atoms with Crippen LogP contribution in [0.1, 0.15) is 6.92 Å². The Labute approximate surface area is 348 Å². The number of anilines is 1. The number of nitrogens with two attached hydrogens (primary N) is 1. The first-order valence-electron chi connectivity index (χ1n) is 14.5. The molecule has 23 heteroatoms. The quantitative estimate of drug-likeness (QED) is 0.0364. The van der Waals surface area contributed by atoms with Crippen molar-refractivity contribution in [1.82, 2.24) is 0 Å². The van der Waals surface area contributed by atoms with Gasteiger partial charge in [-0.05, 0) is 42.6 Å². The summed E-state index contributed by atoms with van der Waals surface area (Å²) in [6.07, 6.45) is 0. The Morgan fingerprint density at radius 1 is 0.873 bits per heavy atom. The number of azo groups is 2. The van der Waals surface area contributed by atoms with Gasteiger partial charge in [-0.1, -0.05) is 48.0 Å². The van der Waals surface area contributed by atoms with Crippen molar-refractivity contribution in [2.45, 2.75) is 11.8 Å². The maximum absolute atomic E-state index is 12.3. The number of hydrogen-bond donors (Lipinski definition) is 4. The third-order valence-electron chi connectivity index (χ3n) is 6.81. The van der Waals surface area contributed by atoms with Crippen LogP contribution in [0.5, 0.6) is 11.5 Å². The molecule has 0 aliphatic heterocycles. The van der Waals surface area contributed by atoms with Crippen molar-refractivity contribution in [3.63, 3.8) is 0 Å². The van der Waals surface area contributed by atoms with Gasteiger partial charge in [0.05, 0.1) is 31.5 Å². The summed E-state index contributed by atoms with van der Waals surface area (Å²) < 4.78 is 22.5. The summed E-state index contributed by atoms with van der Waals surface area (Å²) in [5.74, 6) is -2.76. The number of phenols is 2. The van der Waals surface area contributed by atoms with Gasteiger partial charge in [0.15, 0.2) is 5.75 Å². The van der Waals surface area contributed by atoms with Crippen LogP contribution in [-0.4, -0.2) is 40.2 Å². The number of ketones is 1. The van der Waals surface area contributed by atoms with Gasteiger partial charge in [-0.3, -0.25) is 20.2 Å². The molecule has 0 aromatic heterocycles. The number of carbonyl (C=O) groups excluding carboxylic acids is 2. The van der Waals surface area contributed by atoms with Crippen molar-refractivity contribution in [3.8, 4) is 11.5 Å². The van der Waals surface area contributed by atoms with Gasteiger partial charge >= 0.3 is 29.6 Å². The fourth-order valence-electron chi connectivity index (χ4n) is 4.23. The smallest absolute Gasteiger partial charge is 0.697 e. The van der Waals surface area contributed by atoms with E-state index >= 15 is 0 Å². The summed E-state index contributed by atoms with van der Waals surface area (Å²) in [5.41, 5.74) is 7.61. The number of nitrogens with zero attached hydrogens (tertiary/aromatic N) is 6. The van der Waals surface area contributed by atoms with E-state index in [1.807, 2.05) is 30.3 Å². The molecule has 1 radical (unpaired) electrons. The van der Waals surface area contributed by atoms with E-state index in [9.17, 15) is 48.4 Å². The van der Waals surface area contributed by atoms with Crippen LogP contribution in [0.4, 0.5) is 39.8 Å². The van der Waals surface area contributed by atoms with E-state index in [4.69, 9.17) is 22.5 Å². The van der Waals surface area contributed by atoms with Gasteiger partial charge < -0.3 is 36.0 Å². The number of halogens is 1. The summed E-state index contributed by atoms with van der Waals surface area (Å²) >= 11 is 5.69. The molecular weight excluding hydrogens is 820 g/mol. The third kappa shape index (κ3) is 12.0. The number of fused-ring (bicyclic) bond motifs is 1. The molecule has 19 nitrogen and oxygen atoms in total. The third-order valence-corrected chi connectivity index (χ3v) is 8.03. The van der Waals surface area contributed by atoms with Gasteiger partial charge in [0.1, 0.15) is 23.0 Å². The van der Waals surface area contributed by atoms with Crippen molar-refractivity contribution in [2.24, 2.45) is 25.6 Å². The molecule has 0 spiro atoms. The van der Waals surface area contributed by atoms with Crippen molar-refractivity contribution in [2.75, 3.05) is 5.32 Å². The zero-order valence-corrected chi connectivity index (χ0v) is 32.8. The number of phenolic OH excluding ortho intramolecular Hbond substituents is 2. The van der Waals surface area contributed by atoms with Crippen molar-refractivity contribution < 1.29 is 84.4 Å². The number of hydrogen-bond acceptors (Lipinski definition) is 14. The zero-order valence-electron chi connectivity index (χ0n) is 28.2. The van der Waals surface area contributed by atoms with Crippen molar-refractivity contribution in [3.05, 3.63) is 128 Å². The topological polar surface area (TPSA) is 306 Å². The molecule has 0 bridgehead atoms. The van der Waals surface area contributed by atoms with Gasteiger partial charge in [-0.2, -0.15) is 10.2 Å². The number of nitro groups is 2. The summed E-state index contributed by atoms with van der Waals surface area (Å²) in [4.78, 5) is 44.1. The molecule has 5 aromatic rings. The molecule has 55 heavy (non-hydrogen) atoms. The van der Waals surface area contributed by atoms with Crippen LogP contribution >= 0.6 is 11.6 Å². The number of nitrogens with one attached hydrogen (secondary N) is 2. The van der Waals surface area contributed by atoms with Crippen LogP contribution in [0.3, 0.4) is 0 Å². The van der Waals surface area contributed by atoms with E-state index in [0.717, 1.165) is 48.0 Å². The van der Waals surface area contributed by atoms with Crippen LogP contribution in [0.25, 0.3) is 16.5 Å². The Morgan fingerprint density at radius 3 is 2.09 bits per heavy atom. The number of amides is 1. The number of rotatable bonds is 10. The summed E-state index contributed by atoms with van der Waals surface area (Å²) in [6, 6.07) is 20.3. The van der Waals surface area contributed by atoms with E-state index < -0.39 is 54.7 Å². The van der Waals surface area contributed by atoms with E-state index in [0.29, 0.717) is 5.69 Å². The summed E-state index contributed by atoms with van der Waals surface area (Å²) in [6.45, 7) is 1.03. The Hall–Kier alpha value is -5.52. The minimum absolute atomic E-state index is 0. The van der Waals surface area contributed by atoms with Crippen molar-refractivity contribution in [1.29, 1.82) is 0 Å². The van der Waals surface area contributed by atoms with Gasteiger partial charge in [0, 0.05) is 51.8 Å². The first-order valence-corrected chi connectivity index (χ1v) is 16.4. The predicted octanol–water partition coefficient (Wildman–Crippen LogP) is 5.00.